The number of ether oxygens (including phenoxy) is 1. The zero-order valence-corrected chi connectivity index (χ0v) is 13.0. The zero-order chi connectivity index (χ0) is 16.7. The molecule has 24 heavy (non-hydrogen) atoms. The van der Waals surface area contributed by atoms with Crippen molar-refractivity contribution in [2.45, 2.75) is 18.9 Å². The second kappa shape index (κ2) is 5.67. The van der Waals surface area contributed by atoms with Gasteiger partial charge >= 0.3 is 6.09 Å². The number of rotatable bonds is 2. The third kappa shape index (κ3) is 2.42. The molecule has 0 atom stereocenters. The van der Waals surface area contributed by atoms with Crippen LogP contribution in [0.15, 0.2) is 30.5 Å². The van der Waals surface area contributed by atoms with E-state index in [1.54, 1.807) is 4.90 Å². The summed E-state index contributed by atoms with van der Waals surface area (Å²) in [6.45, 7) is 0.862. The first-order valence-corrected chi connectivity index (χ1v) is 7.99. The first kappa shape index (κ1) is 14.7. The highest BCUT2D eigenvalue weighted by Gasteiger charge is 2.39. The molecule has 1 aromatic carbocycles. The van der Waals surface area contributed by atoms with Crippen molar-refractivity contribution in [3.05, 3.63) is 36.0 Å². The van der Waals surface area contributed by atoms with Crippen LogP contribution < -0.4 is 0 Å². The molecule has 2 aromatic rings. The van der Waals surface area contributed by atoms with E-state index in [1.165, 1.54) is 4.90 Å². The Kier molecular flexibility index (Phi) is 3.48. The maximum atomic E-state index is 12.7. The number of fused-ring (bicyclic) bond motifs is 1. The van der Waals surface area contributed by atoms with Crippen molar-refractivity contribution in [1.82, 2.24) is 14.8 Å². The molecular formula is C17H17N3O4. The maximum Gasteiger partial charge on any atom is 0.417 e. The number of aromatic amines is 1. The van der Waals surface area contributed by atoms with Crippen LogP contribution in [0.3, 0.4) is 0 Å². The number of hydrogen-bond donors (Lipinski definition) is 1. The summed E-state index contributed by atoms with van der Waals surface area (Å²) in [5.74, 6) is -0.317. The van der Waals surface area contributed by atoms with Gasteiger partial charge in [-0.15, -0.1) is 0 Å². The monoisotopic (exact) mass is 327 g/mol. The number of carbonyl (C=O) groups excluding carboxylic acids is 3. The van der Waals surface area contributed by atoms with Crippen LogP contribution in [-0.4, -0.2) is 58.4 Å². The van der Waals surface area contributed by atoms with Crippen LogP contribution in [0.2, 0.25) is 0 Å². The molecule has 0 radical (unpaired) electrons. The van der Waals surface area contributed by atoms with Gasteiger partial charge in [-0.25, -0.2) is 9.69 Å². The Bertz CT molecular complexity index is 804. The Morgan fingerprint density at radius 2 is 1.96 bits per heavy atom. The van der Waals surface area contributed by atoms with Gasteiger partial charge in [-0.3, -0.25) is 9.59 Å². The summed E-state index contributed by atoms with van der Waals surface area (Å²) in [4.78, 5) is 42.1. The summed E-state index contributed by atoms with van der Waals surface area (Å²) in [6, 6.07) is 7.38. The molecule has 1 N–H and O–H groups in total. The van der Waals surface area contributed by atoms with E-state index < -0.39 is 6.09 Å². The first-order chi connectivity index (χ1) is 11.6. The number of nitrogens with one attached hydrogen (secondary N) is 1. The molecule has 0 unspecified atom stereocenters. The number of carbonyl (C=O) groups is 3. The molecule has 2 aliphatic rings. The molecule has 4 rings (SSSR count). The topological polar surface area (TPSA) is 82.7 Å². The lowest BCUT2D eigenvalue weighted by Gasteiger charge is -2.34. The van der Waals surface area contributed by atoms with Crippen molar-refractivity contribution >= 4 is 28.8 Å². The molecule has 1 aromatic heterocycles. The van der Waals surface area contributed by atoms with Crippen LogP contribution in [0.4, 0.5) is 4.79 Å². The van der Waals surface area contributed by atoms with Crippen molar-refractivity contribution in [2.24, 2.45) is 0 Å². The van der Waals surface area contributed by atoms with Gasteiger partial charge in [-0.05, 0) is 36.4 Å². The van der Waals surface area contributed by atoms with E-state index in [2.05, 4.69) is 4.98 Å². The Hall–Kier alpha value is -2.83. The first-order valence-electron chi connectivity index (χ1n) is 7.99. The van der Waals surface area contributed by atoms with Crippen LogP contribution in [0.5, 0.6) is 0 Å². The number of likely N-dealkylation sites (tertiary alicyclic amines) is 1. The SMILES string of the molecule is O=C(c1ccc2cc[nH]c2c1)N1CCC(N2C(=O)COC2=O)CC1. The van der Waals surface area contributed by atoms with Gasteiger partial charge in [0.05, 0.1) is 0 Å². The average Bonchev–Trinajstić information content (AvgIpc) is 3.20. The number of piperidine rings is 1. The van der Waals surface area contributed by atoms with Gasteiger partial charge in [-0.2, -0.15) is 0 Å². The Morgan fingerprint density at radius 3 is 2.67 bits per heavy atom. The lowest BCUT2D eigenvalue weighted by Crippen LogP contribution is -2.48. The maximum absolute atomic E-state index is 12.7. The van der Waals surface area contributed by atoms with E-state index in [0.717, 1.165) is 10.9 Å². The molecule has 0 aliphatic carbocycles. The summed E-state index contributed by atoms with van der Waals surface area (Å²) in [7, 11) is 0. The number of imide groups is 1. The van der Waals surface area contributed by atoms with Gasteiger partial charge < -0.3 is 14.6 Å². The molecule has 0 bridgehead atoms. The quantitative estimate of drug-likeness (QED) is 0.911. The van der Waals surface area contributed by atoms with E-state index in [1.807, 2.05) is 30.5 Å². The molecule has 7 heteroatoms. The summed E-state index contributed by atoms with van der Waals surface area (Å²) in [5, 5.41) is 1.07. The molecule has 2 fully saturated rings. The number of nitrogens with zero attached hydrogens (tertiary/aromatic N) is 2. The lowest BCUT2D eigenvalue weighted by molar-refractivity contribution is -0.127. The van der Waals surface area contributed by atoms with Crippen LogP contribution >= 0.6 is 0 Å². The molecule has 7 nitrogen and oxygen atoms in total. The Balaban J connectivity index is 1.44. The third-order valence-electron chi connectivity index (χ3n) is 4.70. The van der Waals surface area contributed by atoms with Crippen molar-refractivity contribution < 1.29 is 19.1 Å². The summed E-state index contributed by atoms with van der Waals surface area (Å²) >= 11 is 0. The van der Waals surface area contributed by atoms with Crippen molar-refractivity contribution in [2.75, 3.05) is 19.7 Å². The Labute approximate surface area is 138 Å². The fourth-order valence-electron chi connectivity index (χ4n) is 3.41. The molecule has 124 valence electrons. The molecule has 3 amide bonds. The summed E-state index contributed by atoms with van der Waals surface area (Å²) in [5.41, 5.74) is 1.57. The van der Waals surface area contributed by atoms with Crippen molar-refractivity contribution in [3.63, 3.8) is 0 Å². The van der Waals surface area contributed by atoms with E-state index in [4.69, 9.17) is 4.74 Å². The Morgan fingerprint density at radius 1 is 1.17 bits per heavy atom. The highest BCUT2D eigenvalue weighted by Crippen LogP contribution is 2.23. The lowest BCUT2D eigenvalue weighted by atomic mass is 10.0. The summed E-state index contributed by atoms with van der Waals surface area (Å²) in [6.07, 6.45) is 2.44. The molecule has 0 saturated carbocycles. The molecule has 2 aliphatic heterocycles. The van der Waals surface area contributed by atoms with E-state index >= 15 is 0 Å². The molecule has 3 heterocycles. The predicted octanol–water partition coefficient (Wildman–Crippen LogP) is 1.75. The van der Waals surface area contributed by atoms with E-state index in [0.29, 0.717) is 31.5 Å². The summed E-state index contributed by atoms with van der Waals surface area (Å²) < 4.78 is 4.76. The number of cyclic esters (lactones) is 1. The van der Waals surface area contributed by atoms with Crippen LogP contribution in [0.25, 0.3) is 10.9 Å². The third-order valence-corrected chi connectivity index (χ3v) is 4.70. The normalized spacial score (nSPS) is 19.2. The van der Waals surface area contributed by atoms with E-state index in [-0.39, 0.29) is 24.5 Å². The van der Waals surface area contributed by atoms with Gasteiger partial charge in [-0.1, -0.05) is 6.07 Å². The van der Waals surface area contributed by atoms with E-state index in [9.17, 15) is 14.4 Å². The molecule has 0 spiro atoms. The highest BCUT2D eigenvalue weighted by atomic mass is 16.6. The van der Waals surface area contributed by atoms with Crippen LogP contribution in [0, 0.1) is 0 Å². The zero-order valence-electron chi connectivity index (χ0n) is 13.0. The minimum Gasteiger partial charge on any atom is -0.439 e. The van der Waals surface area contributed by atoms with Gasteiger partial charge in [0, 0.05) is 36.4 Å². The second-order valence-corrected chi connectivity index (χ2v) is 6.12. The van der Waals surface area contributed by atoms with Crippen LogP contribution in [-0.2, 0) is 9.53 Å². The molecular weight excluding hydrogens is 310 g/mol. The van der Waals surface area contributed by atoms with Gasteiger partial charge in [0.1, 0.15) is 0 Å². The van der Waals surface area contributed by atoms with Gasteiger partial charge in [0.25, 0.3) is 11.8 Å². The van der Waals surface area contributed by atoms with Crippen molar-refractivity contribution in [1.29, 1.82) is 0 Å². The second-order valence-electron chi connectivity index (χ2n) is 6.12. The smallest absolute Gasteiger partial charge is 0.417 e. The standard InChI is InChI=1S/C17H17N3O4/c21-15-10-24-17(23)20(15)13-4-7-19(8-5-13)16(22)12-2-1-11-3-6-18-14(11)9-12/h1-3,6,9,13,18H,4-5,7-8,10H2. The highest BCUT2D eigenvalue weighted by molar-refractivity contribution is 5.99. The number of hydrogen-bond acceptors (Lipinski definition) is 4. The fourth-order valence-corrected chi connectivity index (χ4v) is 3.41. The van der Waals surface area contributed by atoms with Gasteiger partial charge in [0.2, 0.25) is 0 Å². The average molecular weight is 327 g/mol. The number of H-pyrrole nitrogens is 1. The molecule has 2 saturated heterocycles. The predicted molar refractivity (Wildman–Crippen MR) is 85.4 cm³/mol. The number of amides is 3. The van der Waals surface area contributed by atoms with Crippen molar-refractivity contribution in [3.8, 4) is 0 Å². The minimum absolute atomic E-state index is 0.0275. The number of benzene rings is 1. The van der Waals surface area contributed by atoms with Gasteiger partial charge in [0.15, 0.2) is 6.61 Å². The minimum atomic E-state index is -0.568. The number of aromatic nitrogens is 1. The largest absolute Gasteiger partial charge is 0.439 e. The van der Waals surface area contributed by atoms with Crippen LogP contribution in [0.1, 0.15) is 23.2 Å². The fraction of sp³-hybridized carbons (Fsp3) is 0.353.